The second-order valence-electron chi connectivity index (χ2n) is 5.63. The van der Waals surface area contributed by atoms with Gasteiger partial charge in [0.1, 0.15) is 5.82 Å². The predicted molar refractivity (Wildman–Crippen MR) is 95.2 cm³/mol. The van der Waals surface area contributed by atoms with Crippen molar-refractivity contribution in [2.24, 2.45) is 5.92 Å². The first-order valence-corrected chi connectivity index (χ1v) is 9.06. The van der Waals surface area contributed by atoms with Gasteiger partial charge >= 0.3 is 0 Å². The SMILES string of the molecule is O=C(Nc1ccc(Cl)cn1)C1CCCN(Cc2ccc(Cl)s2)C1. The van der Waals surface area contributed by atoms with Gasteiger partial charge in [0.15, 0.2) is 0 Å². The van der Waals surface area contributed by atoms with Crippen molar-refractivity contribution in [1.82, 2.24) is 9.88 Å². The molecule has 0 spiro atoms. The number of halogens is 2. The molecule has 4 nitrogen and oxygen atoms in total. The van der Waals surface area contributed by atoms with Crippen LogP contribution in [0.2, 0.25) is 9.36 Å². The van der Waals surface area contributed by atoms with Gasteiger partial charge in [-0.25, -0.2) is 4.98 Å². The maximum Gasteiger partial charge on any atom is 0.229 e. The maximum atomic E-state index is 12.4. The van der Waals surface area contributed by atoms with E-state index in [0.29, 0.717) is 10.8 Å². The minimum atomic E-state index is -0.0170. The third-order valence-electron chi connectivity index (χ3n) is 3.86. The van der Waals surface area contributed by atoms with Crippen LogP contribution in [-0.4, -0.2) is 28.9 Å². The van der Waals surface area contributed by atoms with Gasteiger partial charge in [0, 0.05) is 24.2 Å². The summed E-state index contributed by atoms with van der Waals surface area (Å²) in [6.45, 7) is 2.62. The Bertz CT molecular complexity index is 674. The number of amides is 1. The van der Waals surface area contributed by atoms with Crippen LogP contribution in [0.1, 0.15) is 17.7 Å². The van der Waals surface area contributed by atoms with Crippen molar-refractivity contribution in [2.75, 3.05) is 18.4 Å². The minimum absolute atomic E-state index is 0.0170. The predicted octanol–water partition coefficient (Wildman–Crippen LogP) is 4.30. The van der Waals surface area contributed by atoms with Crippen LogP contribution in [0, 0.1) is 5.92 Å². The lowest BCUT2D eigenvalue weighted by Crippen LogP contribution is -2.40. The number of nitrogens with zero attached hydrogens (tertiary/aromatic N) is 2. The molecule has 1 N–H and O–H groups in total. The van der Waals surface area contributed by atoms with Gasteiger partial charge in [0.05, 0.1) is 15.3 Å². The van der Waals surface area contributed by atoms with E-state index in [0.717, 1.165) is 36.8 Å². The molecular formula is C16H17Cl2N3OS. The van der Waals surface area contributed by atoms with E-state index in [-0.39, 0.29) is 11.8 Å². The molecule has 2 aromatic rings. The zero-order valence-electron chi connectivity index (χ0n) is 12.5. The Morgan fingerprint density at radius 1 is 1.35 bits per heavy atom. The van der Waals surface area contributed by atoms with Crippen molar-refractivity contribution in [3.8, 4) is 0 Å². The van der Waals surface area contributed by atoms with E-state index in [4.69, 9.17) is 23.2 Å². The van der Waals surface area contributed by atoms with E-state index in [1.807, 2.05) is 12.1 Å². The van der Waals surface area contributed by atoms with Crippen molar-refractivity contribution in [3.63, 3.8) is 0 Å². The van der Waals surface area contributed by atoms with Crippen LogP contribution in [0.5, 0.6) is 0 Å². The summed E-state index contributed by atoms with van der Waals surface area (Å²) < 4.78 is 0.806. The number of carbonyl (C=O) groups is 1. The molecule has 1 atom stereocenters. The number of pyridine rings is 1. The Kier molecular flexibility index (Phi) is 5.54. The Hall–Kier alpha value is -1.14. The van der Waals surface area contributed by atoms with Gasteiger partial charge in [-0.3, -0.25) is 9.69 Å². The highest BCUT2D eigenvalue weighted by molar-refractivity contribution is 7.16. The highest BCUT2D eigenvalue weighted by Gasteiger charge is 2.26. The lowest BCUT2D eigenvalue weighted by molar-refractivity contribution is -0.121. The number of aromatic nitrogens is 1. The molecule has 1 amide bonds. The van der Waals surface area contributed by atoms with E-state index >= 15 is 0 Å². The van der Waals surface area contributed by atoms with E-state index in [1.54, 1.807) is 23.5 Å². The molecule has 3 heterocycles. The molecule has 3 rings (SSSR count). The summed E-state index contributed by atoms with van der Waals surface area (Å²) in [7, 11) is 0. The fraction of sp³-hybridized carbons (Fsp3) is 0.375. The molecule has 2 aromatic heterocycles. The van der Waals surface area contributed by atoms with Gasteiger partial charge in [-0.1, -0.05) is 23.2 Å². The molecule has 23 heavy (non-hydrogen) atoms. The largest absolute Gasteiger partial charge is 0.310 e. The Morgan fingerprint density at radius 2 is 2.22 bits per heavy atom. The topological polar surface area (TPSA) is 45.2 Å². The number of likely N-dealkylation sites (tertiary alicyclic amines) is 1. The number of nitrogens with one attached hydrogen (secondary N) is 1. The molecule has 122 valence electrons. The van der Waals surface area contributed by atoms with E-state index in [9.17, 15) is 4.79 Å². The van der Waals surface area contributed by atoms with Gasteiger partial charge in [-0.15, -0.1) is 11.3 Å². The number of hydrogen-bond acceptors (Lipinski definition) is 4. The minimum Gasteiger partial charge on any atom is -0.310 e. The molecule has 1 saturated heterocycles. The molecule has 7 heteroatoms. The molecule has 0 aliphatic carbocycles. The second-order valence-corrected chi connectivity index (χ2v) is 7.87. The van der Waals surface area contributed by atoms with Crippen molar-refractivity contribution in [2.45, 2.75) is 19.4 Å². The summed E-state index contributed by atoms with van der Waals surface area (Å²) in [4.78, 5) is 20.1. The van der Waals surface area contributed by atoms with Crippen LogP contribution in [0.25, 0.3) is 0 Å². The summed E-state index contributed by atoms with van der Waals surface area (Å²) in [5.41, 5.74) is 0. The normalized spacial score (nSPS) is 18.8. The van der Waals surface area contributed by atoms with Gasteiger partial charge < -0.3 is 5.32 Å². The van der Waals surface area contributed by atoms with Crippen LogP contribution in [0.15, 0.2) is 30.5 Å². The monoisotopic (exact) mass is 369 g/mol. The Morgan fingerprint density at radius 3 is 2.91 bits per heavy atom. The van der Waals surface area contributed by atoms with E-state index < -0.39 is 0 Å². The molecule has 1 unspecified atom stereocenters. The number of anilines is 1. The number of hydrogen-bond donors (Lipinski definition) is 1. The third kappa shape index (κ3) is 4.67. The lowest BCUT2D eigenvalue weighted by atomic mass is 9.97. The number of carbonyl (C=O) groups excluding carboxylic acids is 1. The molecule has 0 bridgehead atoms. The zero-order valence-corrected chi connectivity index (χ0v) is 14.8. The van der Waals surface area contributed by atoms with Gasteiger partial charge in [-0.2, -0.15) is 0 Å². The van der Waals surface area contributed by atoms with Gasteiger partial charge in [0.2, 0.25) is 5.91 Å². The fourth-order valence-corrected chi connectivity index (χ4v) is 3.99. The number of piperidine rings is 1. The first kappa shape index (κ1) is 16.7. The second kappa shape index (κ2) is 7.62. The van der Waals surface area contributed by atoms with Crippen molar-refractivity contribution < 1.29 is 4.79 Å². The summed E-state index contributed by atoms with van der Waals surface area (Å²) in [6, 6.07) is 7.41. The van der Waals surface area contributed by atoms with Crippen LogP contribution < -0.4 is 5.32 Å². The van der Waals surface area contributed by atoms with Crippen molar-refractivity contribution in [1.29, 1.82) is 0 Å². The lowest BCUT2D eigenvalue weighted by Gasteiger charge is -2.31. The standard InChI is InChI=1S/C16H17Cl2N3OS/c17-12-3-6-15(19-8-12)20-16(22)11-2-1-7-21(9-11)10-13-4-5-14(18)23-13/h3-6,8,11H,1-2,7,9-10H2,(H,19,20,22). The van der Waals surface area contributed by atoms with Crippen LogP contribution in [0.3, 0.4) is 0 Å². The Labute approximate surface area is 149 Å². The summed E-state index contributed by atoms with van der Waals surface area (Å²) >= 11 is 13.4. The molecule has 1 aliphatic heterocycles. The van der Waals surface area contributed by atoms with Crippen LogP contribution in [0.4, 0.5) is 5.82 Å². The average molecular weight is 370 g/mol. The van der Waals surface area contributed by atoms with Gasteiger partial charge in [-0.05, 0) is 43.7 Å². The first-order valence-electron chi connectivity index (χ1n) is 7.49. The van der Waals surface area contributed by atoms with E-state index in [2.05, 4.69) is 15.2 Å². The quantitative estimate of drug-likeness (QED) is 0.873. The summed E-state index contributed by atoms with van der Waals surface area (Å²) in [6.07, 6.45) is 3.46. The molecule has 0 saturated carbocycles. The van der Waals surface area contributed by atoms with E-state index in [1.165, 1.54) is 11.1 Å². The highest BCUT2D eigenvalue weighted by Crippen LogP contribution is 2.25. The molecule has 0 aromatic carbocycles. The van der Waals surface area contributed by atoms with Gasteiger partial charge in [0.25, 0.3) is 0 Å². The molecule has 0 radical (unpaired) electrons. The third-order valence-corrected chi connectivity index (χ3v) is 5.30. The van der Waals surface area contributed by atoms with Crippen LogP contribution >= 0.6 is 34.5 Å². The average Bonchev–Trinajstić information content (AvgIpc) is 2.95. The molecule has 1 aliphatic rings. The molecular weight excluding hydrogens is 353 g/mol. The van der Waals surface area contributed by atoms with Crippen molar-refractivity contribution in [3.05, 3.63) is 44.7 Å². The van der Waals surface area contributed by atoms with Crippen LogP contribution in [-0.2, 0) is 11.3 Å². The summed E-state index contributed by atoms with van der Waals surface area (Å²) in [5.74, 6) is 0.548. The summed E-state index contributed by atoms with van der Waals surface area (Å²) in [5, 5.41) is 3.43. The Balaban J connectivity index is 1.56. The van der Waals surface area contributed by atoms with Crippen molar-refractivity contribution >= 4 is 46.3 Å². The fourth-order valence-electron chi connectivity index (χ4n) is 2.75. The number of thiophene rings is 1. The number of rotatable bonds is 4. The highest BCUT2D eigenvalue weighted by atomic mass is 35.5. The molecule has 1 fully saturated rings. The first-order chi connectivity index (χ1) is 11.1. The zero-order chi connectivity index (χ0) is 16.2. The maximum absolute atomic E-state index is 12.4. The smallest absolute Gasteiger partial charge is 0.229 e.